The Morgan fingerprint density at radius 3 is 2.40 bits per heavy atom. The van der Waals surface area contributed by atoms with Gasteiger partial charge in [-0.3, -0.25) is 4.79 Å². The molecule has 2 atom stereocenters. The lowest BCUT2D eigenvalue weighted by Crippen LogP contribution is -2.36. The quantitative estimate of drug-likeness (QED) is 0.546. The van der Waals surface area contributed by atoms with Gasteiger partial charge in [-0.25, -0.2) is 5.09 Å². The summed E-state index contributed by atoms with van der Waals surface area (Å²) in [6.07, 6.45) is 0.537. The van der Waals surface area contributed by atoms with Crippen molar-refractivity contribution in [2.24, 2.45) is 5.92 Å². The van der Waals surface area contributed by atoms with Gasteiger partial charge in [0, 0.05) is 7.11 Å². The van der Waals surface area contributed by atoms with E-state index in [-0.39, 0.29) is 5.92 Å². The Hall–Kier alpha value is -0.0000000000000000763. The molecule has 15 heavy (non-hydrogen) atoms. The second-order valence-corrected chi connectivity index (χ2v) is 6.69. The molecule has 0 aromatic rings. The topological polar surface area (TPSA) is 67.8 Å². The summed E-state index contributed by atoms with van der Waals surface area (Å²) in [5.74, 6) is -0.155. The summed E-state index contributed by atoms with van der Waals surface area (Å²) < 4.78 is 9.31. The number of hydrogen-bond acceptors (Lipinski definition) is 4. The number of carbonyl (C=O) groups is 1. The third kappa shape index (κ3) is 6.22. The van der Waals surface area contributed by atoms with Crippen molar-refractivity contribution in [1.29, 1.82) is 0 Å². The molecule has 0 fully saturated rings. The van der Waals surface area contributed by atoms with Crippen LogP contribution in [0.1, 0.15) is 20.3 Å². The highest BCUT2D eigenvalue weighted by Gasteiger charge is 2.26. The van der Waals surface area contributed by atoms with E-state index in [1.165, 1.54) is 14.2 Å². The van der Waals surface area contributed by atoms with Crippen LogP contribution in [0.15, 0.2) is 0 Å². The number of ether oxygens (including phenoxy) is 1. The van der Waals surface area contributed by atoms with Crippen LogP contribution in [0.2, 0.25) is 0 Å². The van der Waals surface area contributed by atoms with Crippen LogP contribution in [-0.2, 0) is 25.9 Å². The Balaban J connectivity index is 4.51. The van der Waals surface area contributed by atoms with Crippen LogP contribution < -0.4 is 5.09 Å². The predicted octanol–water partition coefficient (Wildman–Crippen LogP) is 1.03. The first kappa shape index (κ1) is 15.0. The molecule has 0 amide bonds. The predicted molar refractivity (Wildman–Crippen MR) is 61.9 cm³/mol. The van der Waals surface area contributed by atoms with Gasteiger partial charge in [0.25, 0.3) is 6.64 Å². The van der Waals surface area contributed by atoms with Gasteiger partial charge in [-0.1, -0.05) is 13.8 Å². The van der Waals surface area contributed by atoms with Crippen LogP contribution in [0.4, 0.5) is 0 Å². The highest BCUT2D eigenvalue weighted by molar-refractivity contribution is 8.08. The van der Waals surface area contributed by atoms with E-state index in [1.54, 1.807) is 0 Å². The average Bonchev–Trinajstić information content (AvgIpc) is 2.14. The molecule has 0 bridgehead atoms. The molecule has 5 nitrogen and oxygen atoms in total. The van der Waals surface area contributed by atoms with Gasteiger partial charge in [0.15, 0.2) is 0 Å². The van der Waals surface area contributed by atoms with Crippen LogP contribution in [0.3, 0.4) is 0 Å². The summed E-state index contributed by atoms with van der Waals surface area (Å²) in [6.45, 7) is 0.857. The van der Waals surface area contributed by atoms with Crippen molar-refractivity contribution in [3.63, 3.8) is 0 Å². The molecule has 0 saturated heterocycles. The zero-order valence-electron chi connectivity index (χ0n) is 9.39. The Kier molecular flexibility index (Phi) is 6.55. The van der Waals surface area contributed by atoms with Gasteiger partial charge in [0.05, 0.1) is 7.11 Å². The van der Waals surface area contributed by atoms with Crippen molar-refractivity contribution in [1.82, 2.24) is 5.09 Å². The van der Waals surface area contributed by atoms with Crippen LogP contribution in [0, 0.1) is 5.92 Å². The normalized spacial score (nSPS) is 17.2. The standard InChI is InChI=1S/C8H18NO4PS/c1-6(2)5-7(8(10)12-3)9-14(11,15)13-4/h6-7H,5H2,1-4H3,(H2,9,11,15). The third-order valence-electron chi connectivity index (χ3n) is 1.76. The van der Waals surface area contributed by atoms with Crippen LogP contribution >= 0.6 is 6.64 Å². The number of hydrogen-bond donors (Lipinski definition) is 2. The zero-order chi connectivity index (χ0) is 12.1. The monoisotopic (exact) mass is 255 g/mol. The van der Waals surface area contributed by atoms with E-state index < -0.39 is 18.7 Å². The molecule has 0 spiro atoms. The maximum atomic E-state index is 11.4. The third-order valence-corrected chi connectivity index (χ3v) is 3.66. The van der Waals surface area contributed by atoms with Gasteiger partial charge in [-0.15, -0.1) is 0 Å². The molecule has 0 rings (SSSR count). The van der Waals surface area contributed by atoms with Gasteiger partial charge in [-0.05, 0) is 24.1 Å². The van der Waals surface area contributed by atoms with E-state index in [4.69, 9.17) is 16.3 Å². The van der Waals surface area contributed by atoms with E-state index in [9.17, 15) is 9.69 Å². The van der Waals surface area contributed by atoms with Crippen molar-refractivity contribution >= 4 is 24.4 Å². The zero-order valence-corrected chi connectivity index (χ0v) is 11.1. The molecular weight excluding hydrogens is 237 g/mol. The Morgan fingerprint density at radius 2 is 2.07 bits per heavy atom. The molecule has 2 N–H and O–H groups in total. The smallest absolute Gasteiger partial charge is 0.323 e. The largest absolute Gasteiger partial charge is 0.468 e. The first-order chi connectivity index (χ1) is 6.82. The highest BCUT2D eigenvalue weighted by Crippen LogP contribution is 2.37. The molecule has 0 aliphatic rings. The second-order valence-electron chi connectivity index (χ2n) is 3.54. The van der Waals surface area contributed by atoms with Gasteiger partial charge in [0.2, 0.25) is 0 Å². The van der Waals surface area contributed by atoms with Crippen molar-refractivity contribution in [2.45, 2.75) is 26.3 Å². The Labute approximate surface area is 95.4 Å². The number of nitrogens with one attached hydrogen (secondary N) is 1. The molecule has 0 aromatic heterocycles. The Morgan fingerprint density at radius 1 is 1.53 bits per heavy atom. The minimum atomic E-state index is -3.07. The number of rotatable bonds is 6. The molecule has 0 aliphatic heterocycles. The van der Waals surface area contributed by atoms with Crippen molar-refractivity contribution < 1.29 is 18.9 Å². The molecule has 0 aliphatic carbocycles. The maximum absolute atomic E-state index is 11.4. The lowest BCUT2D eigenvalue weighted by molar-refractivity contribution is -0.143. The van der Waals surface area contributed by atoms with Crippen molar-refractivity contribution in [3.05, 3.63) is 0 Å². The second kappa shape index (κ2) is 6.55. The molecule has 0 heterocycles. The molecule has 7 heteroatoms. The first-order valence-corrected chi connectivity index (χ1v) is 7.24. The fourth-order valence-corrected chi connectivity index (χ4v) is 2.16. The molecule has 90 valence electrons. The van der Waals surface area contributed by atoms with E-state index in [0.29, 0.717) is 6.42 Å². The molecule has 0 radical (unpaired) electrons. The van der Waals surface area contributed by atoms with Gasteiger partial charge >= 0.3 is 5.97 Å². The molecule has 2 unspecified atom stereocenters. The molecule has 0 saturated carbocycles. The summed E-state index contributed by atoms with van der Waals surface area (Å²) in [5.41, 5.74) is 0. The van der Waals surface area contributed by atoms with Crippen molar-refractivity contribution in [3.8, 4) is 0 Å². The Bertz CT molecular complexity index is 259. The minimum Gasteiger partial charge on any atom is -0.468 e. The molecular formula is C8H18NO4PS. The summed E-state index contributed by atoms with van der Waals surface area (Å²) in [7, 11) is 2.60. The van der Waals surface area contributed by atoms with E-state index in [0.717, 1.165) is 0 Å². The summed E-state index contributed by atoms with van der Waals surface area (Å²) in [5, 5.41) is 2.61. The van der Waals surface area contributed by atoms with Gasteiger partial charge in [-0.2, -0.15) is 0 Å². The SMILES string of the molecule is COC(=O)C(CC(C)C)NP(O)(=S)OC. The summed E-state index contributed by atoms with van der Waals surface area (Å²) in [6, 6.07) is -0.620. The highest BCUT2D eigenvalue weighted by atomic mass is 32.5. The lowest BCUT2D eigenvalue weighted by atomic mass is 10.1. The summed E-state index contributed by atoms with van der Waals surface area (Å²) in [4.78, 5) is 20.9. The average molecular weight is 255 g/mol. The lowest BCUT2D eigenvalue weighted by Gasteiger charge is -2.22. The van der Waals surface area contributed by atoms with E-state index >= 15 is 0 Å². The molecule has 0 aromatic carbocycles. The van der Waals surface area contributed by atoms with E-state index in [2.05, 4.69) is 9.82 Å². The summed E-state index contributed by atoms with van der Waals surface area (Å²) >= 11 is 4.77. The van der Waals surface area contributed by atoms with Crippen LogP contribution in [0.25, 0.3) is 0 Å². The van der Waals surface area contributed by atoms with Gasteiger partial charge < -0.3 is 14.2 Å². The number of esters is 1. The van der Waals surface area contributed by atoms with Crippen molar-refractivity contribution in [2.75, 3.05) is 14.2 Å². The first-order valence-electron chi connectivity index (χ1n) is 4.56. The van der Waals surface area contributed by atoms with Crippen LogP contribution in [-0.4, -0.2) is 31.1 Å². The van der Waals surface area contributed by atoms with Gasteiger partial charge in [0.1, 0.15) is 6.04 Å². The van der Waals surface area contributed by atoms with Crippen LogP contribution in [0.5, 0.6) is 0 Å². The maximum Gasteiger partial charge on any atom is 0.323 e. The number of methoxy groups -OCH3 is 1. The number of carbonyl (C=O) groups excluding carboxylic acids is 1. The fraction of sp³-hybridized carbons (Fsp3) is 0.875. The van der Waals surface area contributed by atoms with E-state index in [1.807, 2.05) is 13.8 Å². The fourth-order valence-electron chi connectivity index (χ4n) is 1.06. The minimum absolute atomic E-state index is 0.286.